The Morgan fingerprint density at radius 2 is 2.06 bits per heavy atom. The summed E-state index contributed by atoms with van der Waals surface area (Å²) >= 11 is 0. The molecule has 0 amide bonds. The van der Waals surface area contributed by atoms with Crippen molar-refractivity contribution in [1.82, 2.24) is 14.7 Å². The molecule has 94 valence electrons. The van der Waals surface area contributed by atoms with Crippen LogP contribution in [-0.4, -0.2) is 39.1 Å². The molecule has 0 saturated carbocycles. The van der Waals surface area contributed by atoms with Crippen LogP contribution in [0.25, 0.3) is 0 Å². The number of hydrogen-bond acceptors (Lipinski definition) is 3. The van der Waals surface area contributed by atoms with Crippen molar-refractivity contribution in [3.63, 3.8) is 0 Å². The van der Waals surface area contributed by atoms with Crippen LogP contribution < -0.4 is 0 Å². The molecule has 0 bridgehead atoms. The summed E-state index contributed by atoms with van der Waals surface area (Å²) in [6.45, 7) is 6.17. The highest BCUT2D eigenvalue weighted by Crippen LogP contribution is 2.23. The molecule has 1 aromatic rings. The van der Waals surface area contributed by atoms with Crippen LogP contribution in [0.4, 0.5) is 0 Å². The maximum atomic E-state index is 12.4. The topological polar surface area (TPSA) is 38.1 Å². The van der Waals surface area contributed by atoms with E-state index in [1.807, 2.05) is 27.1 Å². The fourth-order valence-corrected chi connectivity index (χ4v) is 2.42. The summed E-state index contributed by atoms with van der Waals surface area (Å²) < 4.78 is 1.74. The lowest BCUT2D eigenvalue weighted by atomic mass is 9.93. The molecule has 1 fully saturated rings. The molecule has 2 heterocycles. The number of aromatic nitrogens is 2. The molecule has 4 nitrogen and oxygen atoms in total. The Balaban J connectivity index is 2.03. The third kappa shape index (κ3) is 2.57. The molecular weight excluding hydrogens is 214 g/mol. The molecule has 0 radical (unpaired) electrons. The van der Waals surface area contributed by atoms with Gasteiger partial charge in [-0.15, -0.1) is 0 Å². The Morgan fingerprint density at radius 1 is 1.41 bits per heavy atom. The number of carbonyl (C=O) groups is 1. The summed E-state index contributed by atoms with van der Waals surface area (Å²) in [4.78, 5) is 14.6. The minimum absolute atomic E-state index is 0.285. The Morgan fingerprint density at radius 3 is 2.59 bits per heavy atom. The minimum atomic E-state index is -0.341. The summed E-state index contributed by atoms with van der Waals surface area (Å²) in [5.41, 5.74) is 0.663. The molecule has 1 aliphatic rings. The summed E-state index contributed by atoms with van der Waals surface area (Å²) in [7, 11) is 1.87. The first kappa shape index (κ1) is 12.3. The molecule has 0 atom stereocenters. The molecule has 1 aliphatic heterocycles. The number of aryl methyl sites for hydroxylation is 1. The summed E-state index contributed by atoms with van der Waals surface area (Å²) in [6, 6.07) is 0. The van der Waals surface area contributed by atoms with Crippen molar-refractivity contribution in [2.24, 2.45) is 7.05 Å². The van der Waals surface area contributed by atoms with Crippen LogP contribution in [0, 0.1) is 0 Å². The first-order valence-corrected chi connectivity index (χ1v) is 6.26. The van der Waals surface area contributed by atoms with Crippen LogP contribution in [0.5, 0.6) is 0 Å². The van der Waals surface area contributed by atoms with Crippen LogP contribution in [-0.2, 0) is 18.3 Å². The highest BCUT2D eigenvalue weighted by molar-refractivity contribution is 5.89. The van der Waals surface area contributed by atoms with Gasteiger partial charge in [-0.25, -0.2) is 0 Å². The van der Waals surface area contributed by atoms with E-state index in [9.17, 15) is 4.79 Å². The SMILES string of the molecule is Cn1cc(CC(=O)C(C)(C)N2CCCC2)cn1. The fraction of sp³-hybridized carbons (Fsp3) is 0.692. The van der Waals surface area contributed by atoms with Gasteiger partial charge in [0.25, 0.3) is 0 Å². The van der Waals surface area contributed by atoms with Gasteiger partial charge in [-0.1, -0.05) is 0 Å². The van der Waals surface area contributed by atoms with E-state index in [2.05, 4.69) is 10.00 Å². The summed E-state index contributed by atoms with van der Waals surface area (Å²) in [5, 5.41) is 4.10. The van der Waals surface area contributed by atoms with Gasteiger partial charge >= 0.3 is 0 Å². The molecule has 1 aromatic heterocycles. The van der Waals surface area contributed by atoms with Gasteiger partial charge in [0.1, 0.15) is 0 Å². The Kier molecular flexibility index (Phi) is 3.33. The number of rotatable bonds is 4. The number of ketones is 1. The number of nitrogens with zero attached hydrogens (tertiary/aromatic N) is 3. The third-order valence-electron chi connectivity index (χ3n) is 3.70. The zero-order valence-electron chi connectivity index (χ0n) is 10.9. The van der Waals surface area contributed by atoms with E-state index in [-0.39, 0.29) is 11.3 Å². The van der Waals surface area contributed by atoms with Crippen molar-refractivity contribution in [1.29, 1.82) is 0 Å². The average molecular weight is 235 g/mol. The summed E-state index contributed by atoms with van der Waals surface area (Å²) in [6.07, 6.45) is 6.60. The smallest absolute Gasteiger partial charge is 0.156 e. The van der Waals surface area contributed by atoms with Gasteiger partial charge in [-0.05, 0) is 45.3 Å². The highest BCUT2D eigenvalue weighted by atomic mass is 16.1. The van der Waals surface area contributed by atoms with E-state index in [1.54, 1.807) is 10.9 Å². The molecule has 0 N–H and O–H groups in total. The molecular formula is C13H21N3O. The van der Waals surface area contributed by atoms with E-state index in [0.717, 1.165) is 18.7 Å². The highest BCUT2D eigenvalue weighted by Gasteiger charge is 2.35. The molecule has 0 aliphatic carbocycles. The van der Waals surface area contributed by atoms with Crippen LogP contribution in [0.15, 0.2) is 12.4 Å². The molecule has 0 unspecified atom stereocenters. The zero-order chi connectivity index (χ0) is 12.5. The van der Waals surface area contributed by atoms with E-state index >= 15 is 0 Å². The number of carbonyl (C=O) groups excluding carboxylic acids is 1. The van der Waals surface area contributed by atoms with Gasteiger partial charge in [0, 0.05) is 19.7 Å². The van der Waals surface area contributed by atoms with Crippen molar-refractivity contribution >= 4 is 5.78 Å². The van der Waals surface area contributed by atoms with Gasteiger partial charge in [0.05, 0.1) is 11.7 Å². The largest absolute Gasteiger partial charge is 0.297 e. The lowest BCUT2D eigenvalue weighted by molar-refractivity contribution is -0.128. The van der Waals surface area contributed by atoms with Crippen molar-refractivity contribution in [3.8, 4) is 0 Å². The van der Waals surface area contributed by atoms with Crippen LogP contribution >= 0.6 is 0 Å². The maximum Gasteiger partial charge on any atom is 0.156 e. The third-order valence-corrected chi connectivity index (χ3v) is 3.70. The number of hydrogen-bond donors (Lipinski definition) is 0. The molecule has 0 spiro atoms. The van der Waals surface area contributed by atoms with Gasteiger partial charge < -0.3 is 0 Å². The van der Waals surface area contributed by atoms with Gasteiger partial charge in [0.15, 0.2) is 5.78 Å². The van der Waals surface area contributed by atoms with E-state index in [0.29, 0.717) is 6.42 Å². The second kappa shape index (κ2) is 4.61. The first-order valence-electron chi connectivity index (χ1n) is 6.26. The second-order valence-corrected chi connectivity index (χ2v) is 5.38. The lowest BCUT2D eigenvalue weighted by Crippen LogP contribution is -2.49. The van der Waals surface area contributed by atoms with Crippen molar-refractivity contribution in [2.75, 3.05) is 13.1 Å². The number of Topliss-reactive ketones (excluding diaryl/α,β-unsaturated/α-hetero) is 1. The Hall–Kier alpha value is -1.16. The Bertz CT molecular complexity index is 403. The quantitative estimate of drug-likeness (QED) is 0.792. The molecule has 4 heteroatoms. The monoisotopic (exact) mass is 235 g/mol. The van der Waals surface area contributed by atoms with E-state index in [1.165, 1.54) is 12.8 Å². The minimum Gasteiger partial charge on any atom is -0.297 e. The zero-order valence-corrected chi connectivity index (χ0v) is 10.9. The van der Waals surface area contributed by atoms with Crippen molar-refractivity contribution < 1.29 is 4.79 Å². The van der Waals surface area contributed by atoms with E-state index < -0.39 is 0 Å². The lowest BCUT2D eigenvalue weighted by Gasteiger charge is -2.33. The predicted octanol–water partition coefficient (Wildman–Crippen LogP) is 1.41. The normalized spacial score (nSPS) is 17.6. The maximum absolute atomic E-state index is 12.4. The average Bonchev–Trinajstić information content (AvgIpc) is 2.89. The fourth-order valence-electron chi connectivity index (χ4n) is 2.42. The second-order valence-electron chi connectivity index (χ2n) is 5.38. The van der Waals surface area contributed by atoms with Gasteiger partial charge in [-0.2, -0.15) is 5.10 Å². The predicted molar refractivity (Wildman–Crippen MR) is 66.8 cm³/mol. The molecule has 1 saturated heterocycles. The first-order chi connectivity index (χ1) is 8.00. The van der Waals surface area contributed by atoms with Crippen molar-refractivity contribution in [3.05, 3.63) is 18.0 Å². The van der Waals surface area contributed by atoms with Crippen molar-refractivity contribution in [2.45, 2.75) is 38.6 Å². The van der Waals surface area contributed by atoms with Gasteiger partial charge in [-0.3, -0.25) is 14.4 Å². The van der Waals surface area contributed by atoms with Crippen LogP contribution in [0.1, 0.15) is 32.3 Å². The van der Waals surface area contributed by atoms with Crippen LogP contribution in [0.3, 0.4) is 0 Å². The van der Waals surface area contributed by atoms with E-state index in [4.69, 9.17) is 0 Å². The Labute approximate surface area is 103 Å². The standard InChI is InChI=1S/C13H21N3O/c1-13(2,16-6-4-5-7-16)12(17)8-11-9-14-15(3)10-11/h9-10H,4-8H2,1-3H3. The molecule has 0 aromatic carbocycles. The number of likely N-dealkylation sites (tertiary alicyclic amines) is 1. The summed E-state index contributed by atoms with van der Waals surface area (Å²) in [5.74, 6) is 0.285. The molecule has 2 rings (SSSR count). The van der Waals surface area contributed by atoms with Crippen LogP contribution in [0.2, 0.25) is 0 Å². The molecule has 17 heavy (non-hydrogen) atoms. The van der Waals surface area contributed by atoms with Gasteiger partial charge in [0.2, 0.25) is 0 Å².